The van der Waals surface area contributed by atoms with Crippen molar-refractivity contribution < 1.29 is 27.4 Å². The van der Waals surface area contributed by atoms with Crippen molar-refractivity contribution in [3.63, 3.8) is 0 Å². The molecule has 3 nitrogen and oxygen atoms in total. The van der Waals surface area contributed by atoms with Crippen LogP contribution in [0.2, 0.25) is 0 Å². The Hall–Kier alpha value is -1.72. The third-order valence-electron chi connectivity index (χ3n) is 2.01. The topological polar surface area (TPSA) is 35.5 Å². The summed E-state index contributed by atoms with van der Waals surface area (Å²) < 4.78 is 47.7. The monoisotopic (exact) mass is 248 g/mol. The number of ether oxygens (including phenoxy) is 2. The lowest BCUT2D eigenvalue weighted by Crippen LogP contribution is -2.16. The minimum atomic E-state index is -4.67. The zero-order valence-electron chi connectivity index (χ0n) is 9.30. The van der Waals surface area contributed by atoms with E-state index in [9.17, 15) is 18.0 Å². The van der Waals surface area contributed by atoms with Gasteiger partial charge >= 0.3 is 12.1 Å². The number of rotatable bonds is 3. The molecule has 0 aromatic heterocycles. The van der Waals surface area contributed by atoms with Crippen LogP contribution in [0.25, 0.3) is 0 Å². The maximum Gasteiger partial charge on any atom is 0.420 e. The zero-order chi connectivity index (χ0) is 13.1. The molecule has 0 saturated carbocycles. The van der Waals surface area contributed by atoms with Gasteiger partial charge in [-0.25, -0.2) is 4.79 Å². The number of halogens is 3. The number of methoxy groups -OCH3 is 1. The van der Waals surface area contributed by atoms with Gasteiger partial charge in [0.05, 0.1) is 19.3 Å². The van der Waals surface area contributed by atoms with Gasteiger partial charge in [-0.3, -0.25) is 0 Å². The smallest absolute Gasteiger partial charge is 0.420 e. The summed E-state index contributed by atoms with van der Waals surface area (Å²) in [4.78, 5) is 11.3. The van der Waals surface area contributed by atoms with E-state index in [2.05, 4.69) is 4.74 Å². The van der Waals surface area contributed by atoms with E-state index >= 15 is 0 Å². The van der Waals surface area contributed by atoms with E-state index < -0.39 is 23.3 Å². The fourth-order valence-electron chi connectivity index (χ4n) is 1.38. The van der Waals surface area contributed by atoms with Gasteiger partial charge in [0, 0.05) is 0 Å². The van der Waals surface area contributed by atoms with E-state index in [-0.39, 0.29) is 12.4 Å². The number of esters is 1. The van der Waals surface area contributed by atoms with Gasteiger partial charge in [-0.1, -0.05) is 6.07 Å². The Labute approximate surface area is 96.1 Å². The van der Waals surface area contributed by atoms with Gasteiger partial charge in [-0.15, -0.1) is 0 Å². The average Bonchev–Trinajstić information content (AvgIpc) is 2.26. The highest BCUT2D eigenvalue weighted by Gasteiger charge is 2.39. The number of hydrogen-bond acceptors (Lipinski definition) is 3. The second kappa shape index (κ2) is 5.07. The number of carbonyl (C=O) groups excluding carboxylic acids is 1. The van der Waals surface area contributed by atoms with Gasteiger partial charge in [0.25, 0.3) is 0 Å². The summed E-state index contributed by atoms with van der Waals surface area (Å²) in [7, 11) is 1.02. The zero-order valence-corrected chi connectivity index (χ0v) is 9.30. The second-order valence-electron chi connectivity index (χ2n) is 3.10. The Morgan fingerprint density at radius 1 is 1.35 bits per heavy atom. The van der Waals surface area contributed by atoms with Crippen LogP contribution in [0.3, 0.4) is 0 Å². The van der Waals surface area contributed by atoms with Crippen molar-refractivity contribution in [2.45, 2.75) is 13.1 Å². The normalized spacial score (nSPS) is 11.1. The van der Waals surface area contributed by atoms with Crippen LogP contribution in [0.1, 0.15) is 22.8 Å². The summed E-state index contributed by atoms with van der Waals surface area (Å²) in [5.74, 6) is -1.42. The lowest BCUT2D eigenvalue weighted by Gasteiger charge is -2.15. The first-order chi connectivity index (χ1) is 7.91. The summed E-state index contributed by atoms with van der Waals surface area (Å²) in [6.07, 6.45) is -4.67. The first kappa shape index (κ1) is 13.3. The molecule has 0 heterocycles. The molecular weight excluding hydrogens is 237 g/mol. The van der Waals surface area contributed by atoms with E-state index in [4.69, 9.17) is 4.74 Å². The fraction of sp³-hybridized carbons (Fsp3) is 0.364. The van der Waals surface area contributed by atoms with E-state index in [0.717, 1.165) is 13.2 Å². The Morgan fingerprint density at radius 2 is 2.00 bits per heavy atom. The van der Waals surface area contributed by atoms with Gasteiger partial charge < -0.3 is 9.47 Å². The van der Waals surface area contributed by atoms with Crippen molar-refractivity contribution in [2.24, 2.45) is 0 Å². The largest absolute Gasteiger partial charge is 0.493 e. The van der Waals surface area contributed by atoms with Crippen molar-refractivity contribution in [1.29, 1.82) is 0 Å². The molecule has 0 spiro atoms. The summed E-state index contributed by atoms with van der Waals surface area (Å²) >= 11 is 0. The van der Waals surface area contributed by atoms with Gasteiger partial charge in [0.15, 0.2) is 0 Å². The Morgan fingerprint density at radius 3 is 2.47 bits per heavy atom. The van der Waals surface area contributed by atoms with Gasteiger partial charge in [-0.05, 0) is 19.1 Å². The lowest BCUT2D eigenvalue weighted by atomic mass is 10.1. The molecule has 0 aliphatic rings. The van der Waals surface area contributed by atoms with Crippen LogP contribution in [0.4, 0.5) is 13.2 Å². The standard InChI is InChI=1S/C11H11F3O3/c1-3-17-8-6-4-5-7(10(15)16-2)9(8)11(12,13)14/h4-6H,3H2,1-2H3. The molecular formula is C11H11F3O3. The van der Waals surface area contributed by atoms with Gasteiger partial charge in [-0.2, -0.15) is 13.2 Å². The maximum atomic E-state index is 12.8. The molecule has 0 aliphatic heterocycles. The maximum absolute atomic E-state index is 12.8. The molecule has 6 heteroatoms. The van der Waals surface area contributed by atoms with E-state index in [1.165, 1.54) is 12.1 Å². The molecule has 17 heavy (non-hydrogen) atoms. The van der Waals surface area contributed by atoms with E-state index in [0.29, 0.717) is 0 Å². The number of benzene rings is 1. The third kappa shape index (κ3) is 2.89. The molecule has 0 radical (unpaired) electrons. The summed E-state index contributed by atoms with van der Waals surface area (Å²) in [6, 6.07) is 3.53. The van der Waals surface area contributed by atoms with Crippen LogP contribution in [-0.4, -0.2) is 19.7 Å². The van der Waals surface area contributed by atoms with Crippen molar-refractivity contribution in [3.05, 3.63) is 29.3 Å². The quantitative estimate of drug-likeness (QED) is 0.771. The van der Waals surface area contributed by atoms with Crippen molar-refractivity contribution >= 4 is 5.97 Å². The minimum absolute atomic E-state index is 0.0771. The number of hydrogen-bond donors (Lipinski definition) is 0. The molecule has 1 rings (SSSR count). The van der Waals surface area contributed by atoms with Crippen LogP contribution >= 0.6 is 0 Å². The molecule has 0 unspecified atom stereocenters. The molecule has 0 aliphatic carbocycles. The summed E-state index contributed by atoms with van der Waals surface area (Å²) in [5, 5.41) is 0. The molecule has 94 valence electrons. The summed E-state index contributed by atoms with van der Waals surface area (Å²) in [5.41, 5.74) is -1.65. The van der Waals surface area contributed by atoms with Crippen molar-refractivity contribution in [3.8, 4) is 5.75 Å². The molecule has 0 amide bonds. The molecule has 0 saturated heterocycles. The first-order valence-electron chi connectivity index (χ1n) is 4.83. The molecule has 1 aromatic carbocycles. The van der Waals surface area contributed by atoms with Crippen molar-refractivity contribution in [1.82, 2.24) is 0 Å². The highest BCUT2D eigenvalue weighted by Crippen LogP contribution is 2.38. The van der Waals surface area contributed by atoms with E-state index in [1.54, 1.807) is 6.92 Å². The summed E-state index contributed by atoms with van der Waals surface area (Å²) in [6.45, 7) is 1.64. The number of alkyl halides is 3. The minimum Gasteiger partial charge on any atom is -0.493 e. The molecule has 0 bridgehead atoms. The molecule has 0 N–H and O–H groups in total. The van der Waals surface area contributed by atoms with Crippen LogP contribution in [-0.2, 0) is 10.9 Å². The highest BCUT2D eigenvalue weighted by molar-refractivity contribution is 5.92. The molecule has 0 fully saturated rings. The predicted molar refractivity (Wildman–Crippen MR) is 54.0 cm³/mol. The van der Waals surface area contributed by atoms with Crippen LogP contribution in [0.15, 0.2) is 18.2 Å². The van der Waals surface area contributed by atoms with Crippen LogP contribution in [0, 0.1) is 0 Å². The molecule has 1 aromatic rings. The van der Waals surface area contributed by atoms with Crippen molar-refractivity contribution in [2.75, 3.05) is 13.7 Å². The Balaban J connectivity index is 3.40. The fourth-order valence-corrected chi connectivity index (χ4v) is 1.38. The number of carbonyl (C=O) groups is 1. The van der Waals surface area contributed by atoms with Crippen LogP contribution in [0.5, 0.6) is 5.75 Å². The average molecular weight is 248 g/mol. The van der Waals surface area contributed by atoms with Crippen LogP contribution < -0.4 is 4.74 Å². The lowest BCUT2D eigenvalue weighted by molar-refractivity contribution is -0.139. The third-order valence-corrected chi connectivity index (χ3v) is 2.01. The predicted octanol–water partition coefficient (Wildman–Crippen LogP) is 2.89. The Kier molecular flexibility index (Phi) is 3.98. The van der Waals surface area contributed by atoms with Gasteiger partial charge in [0.2, 0.25) is 0 Å². The Bertz CT molecular complexity index is 413. The van der Waals surface area contributed by atoms with Gasteiger partial charge in [0.1, 0.15) is 11.3 Å². The molecule has 0 atom stereocenters. The van der Waals surface area contributed by atoms with E-state index in [1.807, 2.05) is 0 Å². The highest BCUT2D eigenvalue weighted by atomic mass is 19.4. The first-order valence-corrected chi connectivity index (χ1v) is 4.83. The second-order valence-corrected chi connectivity index (χ2v) is 3.10. The SMILES string of the molecule is CCOc1cccc(C(=O)OC)c1C(F)(F)F.